The summed E-state index contributed by atoms with van der Waals surface area (Å²) < 4.78 is 11.8. The molecule has 0 spiro atoms. The first-order valence-electron chi connectivity index (χ1n) is 8.29. The van der Waals surface area contributed by atoms with Crippen molar-refractivity contribution >= 4 is 27.7 Å². The number of halogens is 1. The average molecular weight is 421 g/mol. The Bertz CT molecular complexity index is 735. The van der Waals surface area contributed by atoms with Crippen LogP contribution in [0.4, 0.5) is 0 Å². The first-order chi connectivity index (χ1) is 12.6. The number of hydrogen-bond donors (Lipinski definition) is 2. The first kappa shape index (κ1) is 19.8. The van der Waals surface area contributed by atoms with Crippen molar-refractivity contribution in [2.24, 2.45) is 0 Å². The highest BCUT2D eigenvalue weighted by Crippen LogP contribution is 2.23. The Kier molecular flexibility index (Phi) is 7.95. The van der Waals surface area contributed by atoms with Crippen LogP contribution in [-0.2, 0) is 4.79 Å². The molecule has 2 rings (SSSR count). The number of benzene rings is 2. The van der Waals surface area contributed by atoms with Gasteiger partial charge in [0.2, 0.25) is 5.91 Å². The van der Waals surface area contributed by atoms with Crippen molar-refractivity contribution in [1.29, 1.82) is 0 Å². The highest BCUT2D eigenvalue weighted by molar-refractivity contribution is 9.10. The maximum Gasteiger partial charge on any atom is 0.269 e. The lowest BCUT2D eigenvalue weighted by molar-refractivity contribution is -0.122. The van der Waals surface area contributed by atoms with E-state index in [4.69, 9.17) is 9.47 Å². The Morgan fingerprint density at radius 2 is 1.73 bits per heavy atom. The zero-order chi connectivity index (χ0) is 18.8. The number of rotatable bonds is 8. The van der Waals surface area contributed by atoms with Crippen LogP contribution in [0.5, 0.6) is 11.5 Å². The summed E-state index contributed by atoms with van der Waals surface area (Å²) in [7, 11) is 0. The molecule has 2 amide bonds. The van der Waals surface area contributed by atoms with Gasteiger partial charge in [-0.25, -0.2) is 0 Å². The van der Waals surface area contributed by atoms with Crippen molar-refractivity contribution in [2.75, 3.05) is 13.2 Å². The van der Waals surface area contributed by atoms with Gasteiger partial charge in [-0.1, -0.05) is 12.1 Å². The van der Waals surface area contributed by atoms with E-state index in [1.54, 1.807) is 24.3 Å². The van der Waals surface area contributed by atoms with Gasteiger partial charge in [0.25, 0.3) is 5.91 Å². The first-order valence-corrected chi connectivity index (χ1v) is 9.09. The summed E-state index contributed by atoms with van der Waals surface area (Å²) in [6.45, 7) is 2.86. The highest BCUT2D eigenvalue weighted by atomic mass is 79.9. The molecule has 0 aromatic heterocycles. The van der Waals surface area contributed by atoms with E-state index in [-0.39, 0.29) is 18.2 Å². The molecule has 2 aromatic carbocycles. The molecule has 0 fully saturated rings. The predicted octanol–water partition coefficient (Wildman–Crippen LogP) is 3.47. The van der Waals surface area contributed by atoms with Gasteiger partial charge >= 0.3 is 0 Å². The topological polar surface area (TPSA) is 76.7 Å². The van der Waals surface area contributed by atoms with Gasteiger partial charge in [0.05, 0.1) is 17.7 Å². The largest absolute Gasteiger partial charge is 0.494 e. The Morgan fingerprint density at radius 3 is 2.42 bits per heavy atom. The molecule has 0 radical (unpaired) electrons. The lowest BCUT2D eigenvalue weighted by Crippen LogP contribution is -2.41. The van der Waals surface area contributed by atoms with Gasteiger partial charge < -0.3 is 9.47 Å². The number of hydrazine groups is 1. The molecule has 26 heavy (non-hydrogen) atoms. The van der Waals surface area contributed by atoms with Gasteiger partial charge in [-0.2, -0.15) is 0 Å². The van der Waals surface area contributed by atoms with Crippen molar-refractivity contribution in [3.05, 3.63) is 58.6 Å². The van der Waals surface area contributed by atoms with Crippen LogP contribution in [0.3, 0.4) is 0 Å². The molecular formula is C19H21BrN2O4. The third-order valence-corrected chi connectivity index (χ3v) is 4.04. The van der Waals surface area contributed by atoms with Crippen LogP contribution in [0.2, 0.25) is 0 Å². The number of hydrogen-bond acceptors (Lipinski definition) is 4. The van der Waals surface area contributed by atoms with Crippen LogP contribution >= 0.6 is 15.9 Å². The van der Waals surface area contributed by atoms with Crippen molar-refractivity contribution in [2.45, 2.75) is 19.8 Å². The summed E-state index contributed by atoms with van der Waals surface area (Å²) in [5.41, 5.74) is 5.22. The van der Waals surface area contributed by atoms with Gasteiger partial charge in [0.1, 0.15) is 11.5 Å². The molecule has 0 aliphatic carbocycles. The van der Waals surface area contributed by atoms with Crippen LogP contribution < -0.4 is 20.3 Å². The predicted molar refractivity (Wildman–Crippen MR) is 102 cm³/mol. The maximum atomic E-state index is 12.0. The van der Waals surface area contributed by atoms with Crippen molar-refractivity contribution in [3.8, 4) is 11.5 Å². The summed E-state index contributed by atoms with van der Waals surface area (Å²) >= 11 is 3.39. The zero-order valence-electron chi connectivity index (χ0n) is 14.5. The molecule has 0 saturated heterocycles. The van der Waals surface area contributed by atoms with E-state index in [1.807, 2.05) is 31.2 Å². The van der Waals surface area contributed by atoms with Crippen molar-refractivity contribution < 1.29 is 19.1 Å². The molecule has 0 saturated carbocycles. The van der Waals surface area contributed by atoms with Crippen molar-refractivity contribution in [3.63, 3.8) is 0 Å². The maximum absolute atomic E-state index is 12.0. The van der Waals surface area contributed by atoms with Crippen LogP contribution in [-0.4, -0.2) is 25.0 Å². The monoisotopic (exact) mass is 420 g/mol. The fourth-order valence-electron chi connectivity index (χ4n) is 2.11. The number of ether oxygens (including phenoxy) is 2. The minimum atomic E-state index is -0.383. The van der Waals surface area contributed by atoms with Crippen LogP contribution in [0.25, 0.3) is 0 Å². The Labute approximate surface area is 161 Å². The van der Waals surface area contributed by atoms with Crippen LogP contribution in [0.1, 0.15) is 30.1 Å². The minimum Gasteiger partial charge on any atom is -0.494 e. The van der Waals surface area contributed by atoms with Crippen LogP contribution in [0.15, 0.2) is 53.0 Å². The van der Waals surface area contributed by atoms with E-state index in [0.29, 0.717) is 30.9 Å². The lowest BCUT2D eigenvalue weighted by Gasteiger charge is -2.09. The van der Waals surface area contributed by atoms with Gasteiger partial charge in [0.15, 0.2) is 0 Å². The Hall–Kier alpha value is -2.54. The number of nitrogens with one attached hydrogen (secondary N) is 2. The molecule has 0 aliphatic heterocycles. The molecular weight excluding hydrogens is 400 g/mol. The Balaban J connectivity index is 1.66. The summed E-state index contributed by atoms with van der Waals surface area (Å²) in [6.07, 6.45) is 0.778. The fourth-order valence-corrected chi connectivity index (χ4v) is 2.51. The van der Waals surface area contributed by atoms with Gasteiger partial charge in [-0.15, -0.1) is 0 Å². The second-order valence-electron chi connectivity index (χ2n) is 5.34. The van der Waals surface area contributed by atoms with E-state index in [1.165, 1.54) is 0 Å². The normalized spacial score (nSPS) is 10.1. The average Bonchev–Trinajstić information content (AvgIpc) is 2.65. The molecule has 0 unspecified atom stereocenters. The lowest BCUT2D eigenvalue weighted by atomic mass is 10.2. The smallest absolute Gasteiger partial charge is 0.269 e. The van der Waals surface area contributed by atoms with Crippen molar-refractivity contribution in [1.82, 2.24) is 10.9 Å². The van der Waals surface area contributed by atoms with Gasteiger partial charge in [-0.3, -0.25) is 20.4 Å². The number of amides is 2. The quantitative estimate of drug-likeness (QED) is 0.506. The minimum absolute atomic E-state index is 0.244. The molecule has 2 N–H and O–H groups in total. The molecule has 0 aliphatic rings. The van der Waals surface area contributed by atoms with Gasteiger partial charge in [0, 0.05) is 12.0 Å². The standard InChI is InChI=1S/C19H21BrN2O4/c1-2-25-15-11-9-14(10-12-15)19(24)22-21-18(23)8-5-13-26-17-7-4-3-6-16(17)20/h3-4,6-7,9-12H,2,5,8,13H2,1H3,(H,21,23)(H,22,24). The molecule has 0 heterocycles. The summed E-state index contributed by atoms with van der Waals surface area (Å²) in [5.74, 6) is 0.765. The number of para-hydroxylation sites is 1. The third kappa shape index (κ3) is 6.40. The molecule has 0 atom stereocenters. The summed E-state index contributed by atoms with van der Waals surface area (Å²) in [4.78, 5) is 23.8. The third-order valence-electron chi connectivity index (χ3n) is 3.39. The second-order valence-corrected chi connectivity index (χ2v) is 6.20. The second kappa shape index (κ2) is 10.5. The molecule has 6 nitrogen and oxygen atoms in total. The van der Waals surface area contributed by atoms with Gasteiger partial charge in [-0.05, 0) is 65.7 Å². The summed E-state index contributed by atoms with van der Waals surface area (Å²) in [5, 5.41) is 0. The molecule has 7 heteroatoms. The zero-order valence-corrected chi connectivity index (χ0v) is 16.0. The molecule has 138 valence electrons. The molecule has 2 aromatic rings. The Morgan fingerprint density at radius 1 is 1.00 bits per heavy atom. The summed E-state index contributed by atoms with van der Waals surface area (Å²) in [6, 6.07) is 14.2. The molecule has 0 bridgehead atoms. The SMILES string of the molecule is CCOc1ccc(C(=O)NNC(=O)CCCOc2ccccc2Br)cc1. The van der Waals surface area contributed by atoms with E-state index < -0.39 is 0 Å². The number of carbonyl (C=O) groups is 2. The number of carbonyl (C=O) groups excluding carboxylic acids is 2. The highest BCUT2D eigenvalue weighted by Gasteiger charge is 2.08. The van der Waals surface area contributed by atoms with E-state index in [2.05, 4.69) is 26.8 Å². The fraction of sp³-hybridized carbons (Fsp3) is 0.263. The van der Waals surface area contributed by atoms with E-state index in [9.17, 15) is 9.59 Å². The van der Waals surface area contributed by atoms with Crippen LogP contribution in [0, 0.1) is 0 Å². The van der Waals surface area contributed by atoms with E-state index >= 15 is 0 Å². The van der Waals surface area contributed by atoms with E-state index in [0.717, 1.165) is 10.2 Å².